The molecule has 1 saturated carbocycles. The normalized spacial score (nSPS) is 15.5. The number of fused-ring (bicyclic) bond motifs is 1. The van der Waals surface area contributed by atoms with Crippen LogP contribution in [0.25, 0.3) is 10.2 Å². The van der Waals surface area contributed by atoms with E-state index in [0.29, 0.717) is 90.5 Å². The van der Waals surface area contributed by atoms with E-state index in [9.17, 15) is 24.0 Å². The van der Waals surface area contributed by atoms with Crippen LogP contribution in [0.3, 0.4) is 0 Å². The maximum Gasteiger partial charge on any atom is 0.305 e. The van der Waals surface area contributed by atoms with Gasteiger partial charge in [0.25, 0.3) is 5.91 Å². The highest BCUT2D eigenvalue weighted by atomic mass is 32.1. The maximum atomic E-state index is 13.6. The van der Waals surface area contributed by atoms with E-state index in [0.717, 1.165) is 40.7 Å². The fraction of sp³-hybridized carbons (Fsp3) is 0.575. The maximum absolute atomic E-state index is 13.6. The lowest BCUT2D eigenvalue weighted by Gasteiger charge is -2.28. The quantitative estimate of drug-likeness (QED) is 0.0890. The van der Waals surface area contributed by atoms with E-state index in [2.05, 4.69) is 16.0 Å². The van der Waals surface area contributed by atoms with Crippen LogP contribution < -0.4 is 20.9 Å². The molecule has 1 aromatic carbocycles. The molecule has 1 fully saturated rings. The summed E-state index contributed by atoms with van der Waals surface area (Å²) < 4.78 is 18.7. The molecule has 1 aliphatic rings. The average Bonchev–Trinajstić information content (AvgIpc) is 3.76. The number of nitrogens with one attached hydrogen (secondary N) is 3. The Bertz CT molecular complexity index is 1680. The highest BCUT2D eigenvalue weighted by Gasteiger charge is 2.29. The Kier molecular flexibility index (Phi) is 18.6. The second-order valence-corrected chi connectivity index (χ2v) is 14.7. The van der Waals surface area contributed by atoms with Crippen LogP contribution in [0.1, 0.15) is 80.8 Å². The SMILES string of the molecule is CCN(C(=O)Cn1c(C(=O)NC2CCC(C(=O)NCCCCCC(=O)NCCOCCOCCOCCC(=O)O)CC2)cc2sccc21)c1cccc(C)c1. The average molecular weight is 784 g/mol. The number of carboxylic acids is 1. The summed E-state index contributed by atoms with van der Waals surface area (Å²) in [5.41, 5.74) is 3.24. The molecule has 4 N–H and O–H groups in total. The van der Waals surface area contributed by atoms with E-state index in [4.69, 9.17) is 19.3 Å². The van der Waals surface area contributed by atoms with Gasteiger partial charge < -0.3 is 44.7 Å². The lowest BCUT2D eigenvalue weighted by molar-refractivity contribution is -0.138. The van der Waals surface area contributed by atoms with E-state index in [1.807, 2.05) is 60.2 Å². The number of aromatic nitrogens is 1. The molecule has 0 unspecified atom stereocenters. The van der Waals surface area contributed by atoms with Gasteiger partial charge in [0.05, 0.1) is 56.3 Å². The first-order valence-corrected chi connectivity index (χ1v) is 20.3. The largest absolute Gasteiger partial charge is 0.481 e. The van der Waals surface area contributed by atoms with E-state index in [1.165, 1.54) is 0 Å². The van der Waals surface area contributed by atoms with Crippen molar-refractivity contribution in [3.05, 3.63) is 53.0 Å². The van der Waals surface area contributed by atoms with Gasteiger partial charge in [-0.15, -0.1) is 11.3 Å². The Morgan fingerprint density at radius 1 is 0.855 bits per heavy atom. The first kappa shape index (κ1) is 43.4. The molecule has 14 nitrogen and oxygen atoms in total. The molecule has 0 aliphatic heterocycles. The van der Waals surface area contributed by atoms with Gasteiger partial charge in [-0.2, -0.15) is 0 Å². The number of carbonyl (C=O) groups is 5. The van der Waals surface area contributed by atoms with Crippen molar-refractivity contribution in [1.82, 2.24) is 20.5 Å². The van der Waals surface area contributed by atoms with Crippen LogP contribution in [0.4, 0.5) is 5.69 Å². The van der Waals surface area contributed by atoms with E-state index in [-0.39, 0.29) is 55.2 Å². The van der Waals surface area contributed by atoms with Crippen LogP contribution in [-0.4, -0.2) is 105 Å². The molecule has 302 valence electrons. The number of carbonyl (C=O) groups excluding carboxylic acids is 4. The number of likely N-dealkylation sites (N-methyl/N-ethyl adjacent to an activating group) is 1. The molecule has 1 aliphatic carbocycles. The van der Waals surface area contributed by atoms with Crippen LogP contribution in [0.5, 0.6) is 0 Å². The third kappa shape index (κ3) is 14.7. The van der Waals surface area contributed by atoms with Gasteiger partial charge in [0.15, 0.2) is 0 Å². The molecule has 2 heterocycles. The summed E-state index contributed by atoms with van der Waals surface area (Å²) >= 11 is 1.54. The Hall–Kier alpha value is -4.31. The number of rotatable bonds is 25. The van der Waals surface area contributed by atoms with Gasteiger partial charge in [-0.1, -0.05) is 18.6 Å². The van der Waals surface area contributed by atoms with E-state index in [1.54, 1.807) is 16.2 Å². The van der Waals surface area contributed by atoms with Crippen molar-refractivity contribution in [3.8, 4) is 0 Å². The van der Waals surface area contributed by atoms with Gasteiger partial charge in [0.1, 0.15) is 12.2 Å². The van der Waals surface area contributed by atoms with Crippen LogP contribution >= 0.6 is 11.3 Å². The molecule has 4 amide bonds. The molecule has 2 aromatic heterocycles. The van der Waals surface area contributed by atoms with Gasteiger partial charge >= 0.3 is 5.97 Å². The van der Waals surface area contributed by atoms with Crippen molar-refractivity contribution in [2.75, 3.05) is 64.2 Å². The molecular weight excluding hydrogens is 727 g/mol. The number of unbranched alkanes of at least 4 members (excludes halogenated alkanes) is 2. The van der Waals surface area contributed by atoms with Gasteiger partial charge in [-0.25, -0.2) is 0 Å². The van der Waals surface area contributed by atoms with Crippen molar-refractivity contribution >= 4 is 56.8 Å². The standard InChI is InChI=1S/C40H57N5O9S/c1-3-44(32-9-7-8-29(2)26-32)37(47)28-45-33-16-25-55-35(33)27-34(45)40(51)43-31-13-11-30(12-14-31)39(50)42-17-6-4-5-10-36(46)41-18-20-53-22-24-54-23-21-52-19-15-38(48)49/h7-9,16,25-27,30-31H,3-6,10-15,17-24,28H2,1-2H3,(H,41,46)(H,42,50)(H,43,51)(H,48,49). The molecule has 0 saturated heterocycles. The summed E-state index contributed by atoms with van der Waals surface area (Å²) in [6.45, 7) is 7.51. The zero-order valence-electron chi connectivity index (χ0n) is 32.1. The summed E-state index contributed by atoms with van der Waals surface area (Å²) in [7, 11) is 0. The molecule has 4 rings (SSSR count). The molecule has 3 aromatic rings. The second kappa shape index (κ2) is 23.6. The summed E-state index contributed by atoms with van der Waals surface area (Å²) in [5, 5.41) is 19.6. The third-order valence-electron chi connectivity index (χ3n) is 9.57. The van der Waals surface area contributed by atoms with Crippen molar-refractivity contribution in [1.29, 1.82) is 0 Å². The minimum Gasteiger partial charge on any atom is -0.481 e. The number of ether oxygens (including phenoxy) is 3. The Labute approximate surface area is 327 Å². The summed E-state index contributed by atoms with van der Waals surface area (Å²) in [5.74, 6) is -1.27. The van der Waals surface area contributed by atoms with Crippen LogP contribution in [0.2, 0.25) is 0 Å². The van der Waals surface area contributed by atoms with Gasteiger partial charge in [0.2, 0.25) is 17.7 Å². The number of amides is 4. The lowest BCUT2D eigenvalue weighted by atomic mass is 9.85. The first-order chi connectivity index (χ1) is 26.7. The Morgan fingerprint density at radius 3 is 2.29 bits per heavy atom. The van der Waals surface area contributed by atoms with Crippen molar-refractivity contribution in [2.45, 2.75) is 84.2 Å². The molecule has 0 bridgehead atoms. The molecular formula is C40H57N5O9S. The number of carboxylic acid groups (broad SMARTS) is 1. The first-order valence-electron chi connectivity index (χ1n) is 19.4. The van der Waals surface area contributed by atoms with Crippen molar-refractivity contribution < 1.29 is 43.3 Å². The highest BCUT2D eigenvalue weighted by molar-refractivity contribution is 7.17. The number of benzene rings is 1. The number of hydrogen-bond acceptors (Lipinski definition) is 9. The zero-order chi connectivity index (χ0) is 39.4. The van der Waals surface area contributed by atoms with Crippen LogP contribution in [-0.2, 0) is 39.9 Å². The highest BCUT2D eigenvalue weighted by Crippen LogP contribution is 2.28. The fourth-order valence-corrected chi connectivity index (χ4v) is 7.43. The third-order valence-corrected chi connectivity index (χ3v) is 10.4. The predicted octanol–water partition coefficient (Wildman–Crippen LogP) is 4.67. The molecule has 0 radical (unpaired) electrons. The number of aryl methyl sites for hydroxylation is 1. The summed E-state index contributed by atoms with van der Waals surface area (Å²) in [6, 6.07) is 11.6. The van der Waals surface area contributed by atoms with Crippen LogP contribution in [0.15, 0.2) is 41.8 Å². The topological polar surface area (TPSA) is 178 Å². The summed E-state index contributed by atoms with van der Waals surface area (Å²) in [4.78, 5) is 64.3. The zero-order valence-corrected chi connectivity index (χ0v) is 33.0. The number of aliphatic carboxylic acids is 1. The summed E-state index contributed by atoms with van der Waals surface area (Å²) in [6.07, 6.45) is 5.52. The molecule has 55 heavy (non-hydrogen) atoms. The predicted molar refractivity (Wildman–Crippen MR) is 211 cm³/mol. The number of anilines is 1. The van der Waals surface area contributed by atoms with E-state index >= 15 is 0 Å². The van der Waals surface area contributed by atoms with E-state index < -0.39 is 5.97 Å². The molecule has 15 heteroatoms. The van der Waals surface area contributed by atoms with Gasteiger partial charge in [-0.3, -0.25) is 24.0 Å². The Balaban J connectivity index is 1.06. The Morgan fingerprint density at radius 2 is 1.58 bits per heavy atom. The van der Waals surface area contributed by atoms with Gasteiger partial charge in [0, 0.05) is 43.7 Å². The minimum absolute atomic E-state index is 0.0283. The number of thiophene rings is 1. The van der Waals surface area contributed by atoms with Crippen molar-refractivity contribution in [2.24, 2.45) is 5.92 Å². The number of hydrogen-bond donors (Lipinski definition) is 4. The lowest BCUT2D eigenvalue weighted by Crippen LogP contribution is -2.42. The van der Waals surface area contributed by atoms with Crippen LogP contribution in [0, 0.1) is 12.8 Å². The monoisotopic (exact) mass is 783 g/mol. The molecule has 0 spiro atoms. The fourth-order valence-electron chi connectivity index (χ4n) is 6.61. The minimum atomic E-state index is -0.895. The molecule has 0 atom stereocenters. The smallest absolute Gasteiger partial charge is 0.305 e. The second-order valence-electron chi connectivity index (χ2n) is 13.7. The van der Waals surface area contributed by atoms with Crippen molar-refractivity contribution in [3.63, 3.8) is 0 Å². The van der Waals surface area contributed by atoms with Gasteiger partial charge in [-0.05, 0) is 87.6 Å². The number of nitrogens with zero attached hydrogens (tertiary/aromatic N) is 2.